The smallest absolute Gasteiger partial charge is 0.309 e. The third kappa shape index (κ3) is 5.41. The summed E-state index contributed by atoms with van der Waals surface area (Å²) in [5, 5.41) is 4.36. The molecule has 1 aliphatic rings. The maximum Gasteiger partial charge on any atom is 0.309 e. The fourth-order valence-corrected chi connectivity index (χ4v) is 3.43. The first-order valence-corrected chi connectivity index (χ1v) is 9.17. The van der Waals surface area contributed by atoms with Crippen molar-refractivity contribution in [3.63, 3.8) is 0 Å². The van der Waals surface area contributed by atoms with Gasteiger partial charge in [-0.1, -0.05) is 50.8 Å². The highest BCUT2D eigenvalue weighted by Crippen LogP contribution is 2.34. The fraction of sp³-hybridized carbons (Fsp3) is 0.550. The van der Waals surface area contributed by atoms with E-state index in [-0.39, 0.29) is 23.7 Å². The van der Waals surface area contributed by atoms with E-state index < -0.39 is 0 Å². The van der Waals surface area contributed by atoms with Crippen molar-refractivity contribution in [2.75, 3.05) is 7.11 Å². The third-order valence-corrected chi connectivity index (χ3v) is 4.83. The minimum Gasteiger partial charge on any atom is -0.469 e. The molecule has 25 heavy (non-hydrogen) atoms. The fourth-order valence-electron chi connectivity index (χ4n) is 3.43. The van der Waals surface area contributed by atoms with E-state index >= 15 is 0 Å². The number of unbranched alkanes of at least 4 members (excludes halogenated alkanes) is 3. The molecule has 1 fully saturated rings. The van der Waals surface area contributed by atoms with Crippen LogP contribution in [0, 0.1) is 11.8 Å². The van der Waals surface area contributed by atoms with Crippen molar-refractivity contribution in [2.45, 2.75) is 51.9 Å². The molecule has 0 aliphatic heterocycles. The summed E-state index contributed by atoms with van der Waals surface area (Å²) >= 11 is 0. The van der Waals surface area contributed by atoms with Gasteiger partial charge in [0.05, 0.1) is 13.0 Å². The number of carbonyl (C=O) groups is 2. The van der Waals surface area contributed by atoms with Crippen molar-refractivity contribution < 1.29 is 14.3 Å². The molecule has 1 N–H and O–H groups in total. The van der Waals surface area contributed by atoms with Crippen LogP contribution in [0.1, 0.15) is 62.2 Å². The van der Waals surface area contributed by atoms with Crippen molar-refractivity contribution in [3.8, 4) is 0 Å². The number of hydrogen-bond donors (Lipinski definition) is 1. The maximum absolute atomic E-state index is 12.2. The van der Waals surface area contributed by atoms with Gasteiger partial charge in [-0.05, 0) is 31.4 Å². The Balaban J connectivity index is 2.02. The molecule has 1 aliphatic carbocycles. The van der Waals surface area contributed by atoms with Gasteiger partial charge in [-0.25, -0.2) is 5.43 Å². The van der Waals surface area contributed by atoms with Gasteiger partial charge in [0.1, 0.15) is 0 Å². The van der Waals surface area contributed by atoms with Crippen LogP contribution in [0.3, 0.4) is 0 Å². The molecule has 1 aromatic rings. The van der Waals surface area contributed by atoms with Crippen molar-refractivity contribution in [2.24, 2.45) is 16.9 Å². The molecule has 0 radical (unpaired) electrons. The van der Waals surface area contributed by atoms with Crippen LogP contribution < -0.4 is 5.43 Å². The summed E-state index contributed by atoms with van der Waals surface area (Å²) in [6.45, 7) is 2.18. The summed E-state index contributed by atoms with van der Waals surface area (Å²) in [5.74, 6) is -0.459. The van der Waals surface area contributed by atoms with E-state index in [9.17, 15) is 9.59 Å². The van der Waals surface area contributed by atoms with E-state index in [4.69, 9.17) is 4.74 Å². The Kier molecular flexibility index (Phi) is 7.64. The van der Waals surface area contributed by atoms with E-state index in [0.717, 1.165) is 37.8 Å². The highest BCUT2D eigenvalue weighted by molar-refractivity contribution is 5.97. The van der Waals surface area contributed by atoms with E-state index in [2.05, 4.69) is 17.5 Å². The lowest BCUT2D eigenvalue weighted by molar-refractivity contribution is -0.146. The molecule has 0 unspecified atom stereocenters. The zero-order valence-electron chi connectivity index (χ0n) is 15.2. The lowest BCUT2D eigenvalue weighted by Gasteiger charge is -2.18. The average Bonchev–Trinajstić information content (AvgIpc) is 3.06. The lowest BCUT2D eigenvalue weighted by Crippen LogP contribution is -2.26. The van der Waals surface area contributed by atoms with Crippen LogP contribution in [0.5, 0.6) is 0 Å². The second kappa shape index (κ2) is 9.97. The number of hydrogen-bond acceptors (Lipinski definition) is 4. The normalized spacial score (nSPS) is 21.3. The Morgan fingerprint density at radius 2 is 1.96 bits per heavy atom. The predicted octanol–water partition coefficient (Wildman–Crippen LogP) is 3.94. The quantitative estimate of drug-likeness (QED) is 0.441. The van der Waals surface area contributed by atoms with Crippen LogP contribution in [0.25, 0.3) is 0 Å². The molecule has 0 aromatic heterocycles. The molecular formula is C20H28N2O3. The highest BCUT2D eigenvalue weighted by atomic mass is 16.5. The summed E-state index contributed by atoms with van der Waals surface area (Å²) < 4.78 is 4.95. The Hall–Kier alpha value is -2.17. The van der Waals surface area contributed by atoms with Crippen molar-refractivity contribution >= 4 is 17.6 Å². The van der Waals surface area contributed by atoms with Gasteiger partial charge in [0.25, 0.3) is 5.91 Å². The molecule has 1 amide bonds. The molecule has 0 saturated heterocycles. The van der Waals surface area contributed by atoms with Gasteiger partial charge in [0, 0.05) is 17.2 Å². The first-order chi connectivity index (χ1) is 12.2. The molecule has 0 heterocycles. The van der Waals surface area contributed by atoms with E-state index in [1.165, 1.54) is 20.0 Å². The predicted molar refractivity (Wildman–Crippen MR) is 98.3 cm³/mol. The van der Waals surface area contributed by atoms with Crippen LogP contribution in [0.2, 0.25) is 0 Å². The zero-order chi connectivity index (χ0) is 18.1. The number of rotatable bonds is 8. The van der Waals surface area contributed by atoms with Crippen LogP contribution in [0.15, 0.2) is 35.4 Å². The van der Waals surface area contributed by atoms with Crippen LogP contribution in [0.4, 0.5) is 0 Å². The number of nitrogens with one attached hydrogen (secondary N) is 1. The number of nitrogens with zero attached hydrogens (tertiary/aromatic N) is 1. The first kappa shape index (κ1) is 19.2. The first-order valence-electron chi connectivity index (χ1n) is 9.17. The number of benzene rings is 1. The van der Waals surface area contributed by atoms with Crippen LogP contribution >= 0.6 is 0 Å². The number of methoxy groups -OCH3 is 1. The summed E-state index contributed by atoms with van der Waals surface area (Å²) in [4.78, 5) is 24.2. The van der Waals surface area contributed by atoms with Gasteiger partial charge < -0.3 is 4.74 Å². The Morgan fingerprint density at radius 1 is 1.20 bits per heavy atom. The van der Waals surface area contributed by atoms with E-state index in [1.807, 2.05) is 18.2 Å². The maximum atomic E-state index is 12.2. The topological polar surface area (TPSA) is 67.8 Å². The minimum atomic E-state index is -0.223. The lowest BCUT2D eigenvalue weighted by atomic mass is 9.89. The van der Waals surface area contributed by atoms with Crippen LogP contribution in [-0.4, -0.2) is 24.7 Å². The zero-order valence-corrected chi connectivity index (χ0v) is 15.2. The number of esters is 1. The van der Waals surface area contributed by atoms with Gasteiger partial charge in [-0.3, -0.25) is 9.59 Å². The van der Waals surface area contributed by atoms with Crippen molar-refractivity contribution in [1.82, 2.24) is 5.43 Å². The number of carbonyl (C=O) groups excluding carboxylic acids is 2. The molecule has 1 saturated carbocycles. The molecule has 1 aromatic carbocycles. The van der Waals surface area contributed by atoms with Gasteiger partial charge in [0.15, 0.2) is 0 Å². The van der Waals surface area contributed by atoms with Crippen LogP contribution in [-0.2, 0) is 9.53 Å². The van der Waals surface area contributed by atoms with Crippen molar-refractivity contribution in [3.05, 3.63) is 35.9 Å². The second-order valence-corrected chi connectivity index (χ2v) is 6.53. The van der Waals surface area contributed by atoms with E-state index in [0.29, 0.717) is 5.56 Å². The monoisotopic (exact) mass is 344 g/mol. The Morgan fingerprint density at radius 3 is 2.64 bits per heavy atom. The molecule has 2 rings (SSSR count). The standard InChI is InChI=1S/C20H28N2O3/c1-3-4-5-9-12-16-17(20(24)25-2)13-14-18(16)21-22-19(23)15-10-7-6-8-11-15/h6-8,10-11,16-17H,3-5,9,12-14H2,1-2H3,(H,22,23)/b21-18+/t16-,17+/m0/s1. The SMILES string of the molecule is CCCCCC[C@@H]1/C(=N/NC(=O)c2ccccc2)CC[C@H]1C(=O)OC. The molecular weight excluding hydrogens is 316 g/mol. The number of amides is 1. The molecule has 5 nitrogen and oxygen atoms in total. The molecule has 2 atom stereocenters. The second-order valence-electron chi connectivity index (χ2n) is 6.53. The minimum absolute atomic E-state index is 0.0698. The van der Waals surface area contributed by atoms with Gasteiger partial charge in [-0.2, -0.15) is 5.10 Å². The van der Waals surface area contributed by atoms with Gasteiger partial charge >= 0.3 is 5.97 Å². The van der Waals surface area contributed by atoms with Gasteiger partial charge in [-0.15, -0.1) is 0 Å². The highest BCUT2D eigenvalue weighted by Gasteiger charge is 2.38. The molecule has 5 heteroatoms. The Labute approximate surface area is 149 Å². The summed E-state index contributed by atoms with van der Waals surface area (Å²) in [7, 11) is 1.43. The largest absolute Gasteiger partial charge is 0.469 e. The Bertz CT molecular complexity index is 598. The summed E-state index contributed by atoms with van der Waals surface area (Å²) in [6.07, 6.45) is 6.99. The summed E-state index contributed by atoms with van der Waals surface area (Å²) in [5.41, 5.74) is 4.14. The number of hydrazone groups is 1. The van der Waals surface area contributed by atoms with E-state index in [1.54, 1.807) is 12.1 Å². The third-order valence-electron chi connectivity index (χ3n) is 4.83. The van der Waals surface area contributed by atoms with Crippen molar-refractivity contribution in [1.29, 1.82) is 0 Å². The molecule has 0 bridgehead atoms. The number of ether oxygens (including phenoxy) is 1. The molecule has 136 valence electrons. The molecule has 0 spiro atoms. The summed E-state index contributed by atoms with van der Waals surface area (Å²) in [6, 6.07) is 9.02. The van der Waals surface area contributed by atoms with Gasteiger partial charge in [0.2, 0.25) is 0 Å². The average molecular weight is 344 g/mol.